The fourth-order valence-corrected chi connectivity index (χ4v) is 12.5. The molecule has 12 aromatic rings. The first kappa shape index (κ1) is 87.0. The standard InChI is InChI=1S/C27H27NO4.C25H29BO6.C25H23NO4.C8H10ClN.2CH4.Li.H2O/c1-3-30-26(29)15-20-7-4-5-10-25(20)32-17-19-13-21-11-12-31-27(21)24(14-19)23-9-6-8-22(16-28)18(23)2;1-6-28-22(27)15-18-9-7-8-10-21(18)30-16-17-13-19-11-12-29-23(19)20(14-17)26-31-24(2,3)25(4,5)32-26;1-16-20(14-26)6-4-7-21(16)22-12-17(11-19-9-10-29-25(19)22)15-30-23-8-3-2-5-18(23)13-24(27)28;1-6-7(5-10)3-2-4-8(6)9;;;;/h4-14H,3,15-17,28H2,1-2H3;7-14H,6,15-16H2,1-5H3;2-12H,13-15,26H2,1H3,(H,27,28);2-4H,5,10H2,1H3;2*1H4;;1H2/q;;;;;;+1;/p-1. The van der Waals surface area contributed by atoms with E-state index in [0.717, 1.165) is 127 Å². The van der Waals surface area contributed by atoms with Crippen molar-refractivity contribution >= 4 is 75.0 Å². The number of hydrogen-bond acceptors (Lipinski definition) is 17. The molecule has 1 aliphatic rings. The van der Waals surface area contributed by atoms with Crippen molar-refractivity contribution < 1.29 is 90.1 Å². The number of carbonyl (C=O) groups is 3. The normalized spacial score (nSPS) is 12.2. The molecule has 3 aromatic heterocycles. The molecule has 13 rings (SSSR count). The molecule has 108 heavy (non-hydrogen) atoms. The summed E-state index contributed by atoms with van der Waals surface area (Å²) < 4.78 is 58.3. The monoisotopic (exact) mass is 1480 g/mol. The van der Waals surface area contributed by atoms with E-state index in [4.69, 9.17) is 80.2 Å². The second-order valence-corrected chi connectivity index (χ2v) is 26.5. The van der Waals surface area contributed by atoms with Gasteiger partial charge in [-0.05, 0) is 196 Å². The van der Waals surface area contributed by atoms with Gasteiger partial charge in [-0.1, -0.05) is 136 Å². The van der Waals surface area contributed by atoms with Crippen LogP contribution < -0.4 is 55.7 Å². The first-order chi connectivity index (χ1) is 50.1. The van der Waals surface area contributed by atoms with Crippen molar-refractivity contribution in [2.75, 3.05) is 13.2 Å². The van der Waals surface area contributed by atoms with Gasteiger partial charge in [0.2, 0.25) is 0 Å². The molecule has 1 aliphatic heterocycles. The van der Waals surface area contributed by atoms with Crippen molar-refractivity contribution in [1.82, 2.24) is 0 Å². The fraction of sp³-hybridized carbons (Fsp3) is 0.276. The molecule has 0 bridgehead atoms. The summed E-state index contributed by atoms with van der Waals surface area (Å²) >= 11 is 5.84. The van der Waals surface area contributed by atoms with Crippen LogP contribution in [0.5, 0.6) is 17.2 Å². The minimum atomic E-state index is -0.886. The summed E-state index contributed by atoms with van der Waals surface area (Å²) in [6.45, 7) is 21.1. The molecule has 8 N–H and O–H groups in total. The number of aliphatic carboxylic acids is 1. The van der Waals surface area contributed by atoms with Crippen molar-refractivity contribution in [3.8, 4) is 39.5 Å². The zero-order valence-electron chi connectivity index (χ0n) is 61.7. The van der Waals surface area contributed by atoms with Crippen LogP contribution in [-0.4, -0.2) is 60.0 Å². The summed E-state index contributed by atoms with van der Waals surface area (Å²) in [7, 11) is -0.537. The summed E-state index contributed by atoms with van der Waals surface area (Å²) in [5.74, 6) is 0.492. The molecule has 9 aromatic carbocycles. The molecule has 0 spiro atoms. The molecule has 0 aliphatic carbocycles. The van der Waals surface area contributed by atoms with E-state index in [9.17, 15) is 14.4 Å². The molecule has 1 saturated heterocycles. The number of nitrogens with two attached hydrogens (primary N) is 3. The van der Waals surface area contributed by atoms with Crippen molar-refractivity contribution in [2.24, 2.45) is 17.2 Å². The van der Waals surface area contributed by atoms with E-state index in [1.54, 1.807) is 44.8 Å². The van der Waals surface area contributed by atoms with E-state index < -0.39 is 24.3 Å². The van der Waals surface area contributed by atoms with Crippen LogP contribution in [0.4, 0.5) is 0 Å². The number of carboxylic acid groups (broad SMARTS) is 1. The number of fused-ring (bicyclic) bond motifs is 3. The third-order valence-electron chi connectivity index (χ3n) is 18.6. The Hall–Kier alpha value is -9.88. The Morgan fingerprint density at radius 2 is 0.787 bits per heavy atom. The van der Waals surface area contributed by atoms with Crippen LogP contribution in [0, 0.1) is 20.8 Å². The average Bonchev–Trinajstić information content (AvgIpc) is 1.61. The number of ether oxygens (including phenoxy) is 5. The molecule has 562 valence electrons. The van der Waals surface area contributed by atoms with E-state index in [0.29, 0.717) is 75.5 Å². The number of hydrogen-bond donors (Lipinski definition) is 4. The third-order valence-corrected chi connectivity index (χ3v) is 19.0. The van der Waals surface area contributed by atoms with Gasteiger partial charge in [-0.3, -0.25) is 14.4 Å². The van der Waals surface area contributed by atoms with Gasteiger partial charge in [-0.2, -0.15) is 0 Å². The van der Waals surface area contributed by atoms with Crippen LogP contribution in [0.2, 0.25) is 5.02 Å². The number of halogens is 1. The molecule has 4 heterocycles. The minimum absolute atomic E-state index is 0. The van der Waals surface area contributed by atoms with Gasteiger partial charge in [0.15, 0.2) is 0 Å². The van der Waals surface area contributed by atoms with E-state index in [1.165, 1.54) is 0 Å². The summed E-state index contributed by atoms with van der Waals surface area (Å²) in [5, 5.41) is 12.9. The number of para-hydroxylation sites is 3. The van der Waals surface area contributed by atoms with Crippen molar-refractivity contribution in [3.05, 3.63) is 273 Å². The maximum absolute atomic E-state index is 11.9. The van der Waals surface area contributed by atoms with Gasteiger partial charge in [-0.25, -0.2) is 0 Å². The van der Waals surface area contributed by atoms with Crippen LogP contribution in [0.25, 0.3) is 55.2 Å². The van der Waals surface area contributed by atoms with Gasteiger partial charge in [-0.15, -0.1) is 0 Å². The first-order valence-corrected chi connectivity index (χ1v) is 35.0. The molecule has 0 unspecified atom stereocenters. The maximum atomic E-state index is 11.9. The largest absolute Gasteiger partial charge is 1.00 e. The van der Waals surface area contributed by atoms with Crippen LogP contribution in [0.3, 0.4) is 0 Å². The molecular formula is C87H98BClLiN3O15. The Morgan fingerprint density at radius 1 is 0.444 bits per heavy atom. The summed E-state index contributed by atoms with van der Waals surface area (Å²) in [6, 6.07) is 58.4. The van der Waals surface area contributed by atoms with Crippen molar-refractivity contribution in [2.45, 2.75) is 147 Å². The Kier molecular flexibility index (Phi) is 32.5. The Bertz CT molecular complexity index is 4950. The van der Waals surface area contributed by atoms with Crippen molar-refractivity contribution in [3.63, 3.8) is 0 Å². The number of rotatable bonds is 23. The molecule has 1 fully saturated rings. The molecule has 0 atom stereocenters. The van der Waals surface area contributed by atoms with Gasteiger partial charge in [0, 0.05) is 74.1 Å². The molecule has 21 heteroatoms. The van der Waals surface area contributed by atoms with Crippen LogP contribution in [0.15, 0.2) is 214 Å². The van der Waals surface area contributed by atoms with Gasteiger partial charge in [0.1, 0.15) is 53.8 Å². The Labute approximate surface area is 650 Å². The van der Waals surface area contributed by atoms with Gasteiger partial charge in [0.05, 0.1) is 62.5 Å². The third kappa shape index (κ3) is 21.5. The molecular weight excluding hydrogens is 1380 g/mol. The number of esters is 2. The van der Waals surface area contributed by atoms with E-state index in [1.807, 2.05) is 174 Å². The van der Waals surface area contributed by atoms with Crippen LogP contribution >= 0.6 is 11.6 Å². The predicted molar refractivity (Wildman–Crippen MR) is 424 cm³/mol. The number of furan rings is 3. The van der Waals surface area contributed by atoms with E-state index >= 15 is 0 Å². The topological polar surface area (TPSA) is 284 Å². The minimum Gasteiger partial charge on any atom is -0.870 e. The number of carbonyl (C=O) groups excluding carboxylic acids is 2. The van der Waals surface area contributed by atoms with Crippen LogP contribution in [0.1, 0.15) is 123 Å². The van der Waals surface area contributed by atoms with Gasteiger partial charge >= 0.3 is 43.9 Å². The maximum Gasteiger partial charge on any atom is 1.00 e. The zero-order valence-corrected chi connectivity index (χ0v) is 62.5. The Morgan fingerprint density at radius 3 is 1.17 bits per heavy atom. The van der Waals surface area contributed by atoms with E-state index in [2.05, 4.69) is 44.2 Å². The quantitative estimate of drug-likeness (QED) is 0.0342. The Balaban J connectivity index is 0.000000233. The second kappa shape index (κ2) is 40.4. The smallest absolute Gasteiger partial charge is 0.870 e. The molecule has 0 amide bonds. The van der Waals surface area contributed by atoms with Gasteiger partial charge in [0.25, 0.3) is 0 Å². The van der Waals surface area contributed by atoms with Crippen molar-refractivity contribution in [1.29, 1.82) is 0 Å². The second-order valence-electron chi connectivity index (χ2n) is 26.1. The summed E-state index contributed by atoms with van der Waals surface area (Å²) in [6.07, 6.45) is 5.33. The SMILES string of the molecule is C.C.CCOC(=O)Cc1ccccc1OCc1cc(-c2cccc(CN)c2C)c2occc2c1.CCOC(=O)Cc1ccccc1OCc1cc(B2OC(C)(C)C(C)(C)O2)c2occc2c1.Cc1c(CN)cccc1-c1cc(COc2ccccc2CC(=O)O)cc2ccoc12.Cc1c(Cl)cccc1CN.[Li+].[OH-]. The van der Waals surface area contributed by atoms with Gasteiger partial charge < -0.3 is 74.0 Å². The fourth-order valence-electron chi connectivity index (χ4n) is 12.3. The predicted octanol–water partition coefficient (Wildman–Crippen LogP) is 15.2. The molecule has 18 nitrogen and oxygen atoms in total. The van der Waals surface area contributed by atoms with Crippen LogP contribution in [-0.2, 0) is 91.9 Å². The van der Waals surface area contributed by atoms with E-state index in [-0.39, 0.29) is 70.4 Å². The summed E-state index contributed by atoms with van der Waals surface area (Å²) in [4.78, 5) is 35.0. The average molecular weight is 1480 g/mol. The first-order valence-electron chi connectivity index (χ1n) is 34.7. The number of carboxylic acids is 1. The molecule has 0 saturated carbocycles. The zero-order chi connectivity index (χ0) is 74.1. The molecule has 0 radical (unpaired) electrons. The number of benzene rings is 9. The summed E-state index contributed by atoms with van der Waals surface area (Å²) in [5.41, 5.74) is 35.7.